The fourth-order valence-corrected chi connectivity index (χ4v) is 3.49. The van der Waals surface area contributed by atoms with Gasteiger partial charge in [0.25, 0.3) is 0 Å². The first kappa shape index (κ1) is 18.7. The molecule has 0 aliphatic rings. The van der Waals surface area contributed by atoms with Crippen molar-refractivity contribution in [1.82, 2.24) is 9.55 Å². The van der Waals surface area contributed by atoms with Crippen LogP contribution in [0.5, 0.6) is 5.75 Å². The Bertz CT molecular complexity index is 1130. The molecule has 0 bridgehead atoms. The summed E-state index contributed by atoms with van der Waals surface area (Å²) in [5, 5.41) is 9.31. The highest BCUT2D eigenvalue weighted by molar-refractivity contribution is 5.92. The van der Waals surface area contributed by atoms with E-state index in [9.17, 15) is 9.90 Å². The number of carboxylic acid groups (broad SMARTS) is 1. The van der Waals surface area contributed by atoms with Gasteiger partial charge in [-0.25, -0.2) is 9.78 Å². The highest BCUT2D eigenvalue weighted by Gasteiger charge is 2.14. The lowest BCUT2D eigenvalue weighted by Gasteiger charge is -2.10. The molecule has 0 amide bonds. The van der Waals surface area contributed by atoms with E-state index in [2.05, 4.69) is 16.7 Å². The molecule has 4 aromatic rings. The molecule has 1 aromatic heterocycles. The van der Waals surface area contributed by atoms with E-state index < -0.39 is 5.97 Å². The van der Waals surface area contributed by atoms with Gasteiger partial charge in [0, 0.05) is 13.0 Å². The number of carboxylic acids is 1. The Morgan fingerprint density at radius 1 is 0.966 bits per heavy atom. The highest BCUT2D eigenvalue weighted by Crippen LogP contribution is 2.22. The van der Waals surface area contributed by atoms with E-state index in [0.717, 1.165) is 35.5 Å². The SMILES string of the molecule is COc1ccc(Cn2c(CCc3ccccc3)nc3cc(C(=O)O)ccc32)cc1. The molecule has 0 saturated heterocycles. The number of methoxy groups -OCH3 is 1. The molecule has 5 heteroatoms. The van der Waals surface area contributed by atoms with Gasteiger partial charge in [0.15, 0.2) is 0 Å². The average molecular weight is 386 g/mol. The summed E-state index contributed by atoms with van der Waals surface area (Å²) in [6.45, 7) is 0.664. The van der Waals surface area contributed by atoms with Crippen LogP contribution in [-0.4, -0.2) is 27.7 Å². The summed E-state index contributed by atoms with van der Waals surface area (Å²) in [6.07, 6.45) is 1.65. The van der Waals surface area contributed by atoms with Crippen molar-refractivity contribution < 1.29 is 14.6 Å². The monoisotopic (exact) mass is 386 g/mol. The summed E-state index contributed by atoms with van der Waals surface area (Å²) in [4.78, 5) is 16.1. The second-order valence-electron chi connectivity index (χ2n) is 6.96. The fourth-order valence-electron chi connectivity index (χ4n) is 3.49. The molecule has 1 heterocycles. The highest BCUT2D eigenvalue weighted by atomic mass is 16.5. The number of carbonyl (C=O) groups is 1. The molecule has 146 valence electrons. The van der Waals surface area contributed by atoms with Crippen LogP contribution >= 0.6 is 0 Å². The van der Waals surface area contributed by atoms with Crippen LogP contribution in [0.3, 0.4) is 0 Å². The van der Waals surface area contributed by atoms with Crippen molar-refractivity contribution in [2.45, 2.75) is 19.4 Å². The number of aromatic nitrogens is 2. The number of rotatable bonds is 7. The zero-order valence-corrected chi connectivity index (χ0v) is 16.2. The molecule has 0 aliphatic carbocycles. The Hall–Kier alpha value is -3.60. The molecule has 4 rings (SSSR count). The van der Waals surface area contributed by atoms with Crippen LogP contribution < -0.4 is 4.74 Å². The second-order valence-corrected chi connectivity index (χ2v) is 6.96. The lowest BCUT2D eigenvalue weighted by atomic mass is 10.1. The largest absolute Gasteiger partial charge is 0.497 e. The van der Waals surface area contributed by atoms with Gasteiger partial charge in [-0.15, -0.1) is 0 Å². The number of aromatic carboxylic acids is 1. The van der Waals surface area contributed by atoms with Gasteiger partial charge in [0.05, 0.1) is 23.7 Å². The summed E-state index contributed by atoms with van der Waals surface area (Å²) in [5.41, 5.74) is 4.28. The van der Waals surface area contributed by atoms with Crippen LogP contribution in [0.4, 0.5) is 0 Å². The van der Waals surface area contributed by atoms with E-state index in [0.29, 0.717) is 12.1 Å². The molecule has 0 saturated carbocycles. The van der Waals surface area contributed by atoms with Crippen molar-refractivity contribution in [2.24, 2.45) is 0 Å². The number of ether oxygens (including phenoxy) is 1. The van der Waals surface area contributed by atoms with E-state index in [1.165, 1.54) is 5.56 Å². The van der Waals surface area contributed by atoms with E-state index in [1.807, 2.05) is 48.5 Å². The normalized spacial score (nSPS) is 10.9. The molecular formula is C24H22N2O3. The first-order valence-corrected chi connectivity index (χ1v) is 9.53. The van der Waals surface area contributed by atoms with Crippen molar-refractivity contribution in [3.8, 4) is 5.75 Å². The van der Waals surface area contributed by atoms with E-state index in [-0.39, 0.29) is 5.56 Å². The maximum atomic E-state index is 11.4. The Morgan fingerprint density at radius 2 is 1.72 bits per heavy atom. The Balaban J connectivity index is 1.70. The maximum absolute atomic E-state index is 11.4. The first-order valence-electron chi connectivity index (χ1n) is 9.53. The molecule has 5 nitrogen and oxygen atoms in total. The minimum atomic E-state index is -0.942. The third kappa shape index (κ3) is 4.14. The van der Waals surface area contributed by atoms with Gasteiger partial charge < -0.3 is 14.4 Å². The lowest BCUT2D eigenvalue weighted by molar-refractivity contribution is 0.0697. The zero-order valence-electron chi connectivity index (χ0n) is 16.2. The minimum absolute atomic E-state index is 0.251. The predicted octanol–water partition coefficient (Wildman–Crippen LogP) is 4.58. The van der Waals surface area contributed by atoms with Gasteiger partial charge >= 0.3 is 5.97 Å². The molecule has 0 fully saturated rings. The summed E-state index contributed by atoms with van der Waals surface area (Å²) >= 11 is 0. The van der Waals surface area contributed by atoms with Gasteiger partial charge in [-0.1, -0.05) is 42.5 Å². The molecule has 0 spiro atoms. The van der Waals surface area contributed by atoms with Crippen molar-refractivity contribution in [1.29, 1.82) is 0 Å². The van der Waals surface area contributed by atoms with Gasteiger partial charge in [-0.05, 0) is 47.9 Å². The third-order valence-electron chi connectivity index (χ3n) is 5.05. The first-order chi connectivity index (χ1) is 14.1. The molecule has 3 aromatic carbocycles. The van der Waals surface area contributed by atoms with Gasteiger partial charge in [-0.2, -0.15) is 0 Å². The minimum Gasteiger partial charge on any atom is -0.497 e. The molecule has 0 atom stereocenters. The van der Waals surface area contributed by atoms with Crippen LogP contribution in [-0.2, 0) is 19.4 Å². The topological polar surface area (TPSA) is 64.4 Å². The number of imidazole rings is 1. The van der Waals surface area contributed by atoms with Crippen molar-refractivity contribution in [3.63, 3.8) is 0 Å². The molecule has 29 heavy (non-hydrogen) atoms. The standard InChI is InChI=1S/C24H22N2O3/c1-29-20-11-7-18(8-12-20)16-26-22-13-10-19(24(27)28)15-21(22)25-23(26)14-9-17-5-3-2-4-6-17/h2-8,10-13,15H,9,14,16H2,1H3,(H,27,28). The number of hydrogen-bond acceptors (Lipinski definition) is 3. The number of aryl methyl sites for hydroxylation is 2. The van der Waals surface area contributed by atoms with Gasteiger partial charge in [-0.3, -0.25) is 0 Å². The molecular weight excluding hydrogens is 364 g/mol. The number of hydrogen-bond donors (Lipinski definition) is 1. The van der Waals surface area contributed by atoms with Crippen molar-refractivity contribution in [2.75, 3.05) is 7.11 Å². The summed E-state index contributed by atoms with van der Waals surface area (Å²) in [7, 11) is 1.65. The summed E-state index contributed by atoms with van der Waals surface area (Å²) in [5.74, 6) is 0.823. The average Bonchev–Trinajstić information content (AvgIpc) is 3.10. The van der Waals surface area contributed by atoms with Crippen LogP contribution in [0.25, 0.3) is 11.0 Å². The number of fused-ring (bicyclic) bond motifs is 1. The quantitative estimate of drug-likeness (QED) is 0.505. The van der Waals surface area contributed by atoms with Crippen LogP contribution in [0.1, 0.15) is 27.3 Å². The fraction of sp³-hybridized carbons (Fsp3) is 0.167. The molecule has 0 unspecified atom stereocenters. The smallest absolute Gasteiger partial charge is 0.335 e. The molecule has 0 aliphatic heterocycles. The maximum Gasteiger partial charge on any atom is 0.335 e. The predicted molar refractivity (Wildman–Crippen MR) is 113 cm³/mol. The van der Waals surface area contributed by atoms with E-state index in [1.54, 1.807) is 19.2 Å². The summed E-state index contributed by atoms with van der Waals surface area (Å²) in [6, 6.07) is 23.4. The third-order valence-corrected chi connectivity index (χ3v) is 5.05. The van der Waals surface area contributed by atoms with Crippen molar-refractivity contribution in [3.05, 3.63) is 95.3 Å². The van der Waals surface area contributed by atoms with Gasteiger partial charge in [0.1, 0.15) is 11.6 Å². The Labute approximate surface area is 169 Å². The van der Waals surface area contributed by atoms with Crippen LogP contribution in [0, 0.1) is 0 Å². The van der Waals surface area contributed by atoms with Crippen LogP contribution in [0.15, 0.2) is 72.8 Å². The number of benzene rings is 3. The molecule has 1 N–H and O–H groups in total. The van der Waals surface area contributed by atoms with E-state index in [4.69, 9.17) is 9.72 Å². The summed E-state index contributed by atoms with van der Waals surface area (Å²) < 4.78 is 7.42. The van der Waals surface area contributed by atoms with Crippen LogP contribution in [0.2, 0.25) is 0 Å². The second kappa shape index (κ2) is 8.19. The Morgan fingerprint density at radius 3 is 2.41 bits per heavy atom. The lowest BCUT2D eigenvalue weighted by Crippen LogP contribution is -2.07. The zero-order chi connectivity index (χ0) is 20.2. The Kier molecular flexibility index (Phi) is 5.29. The van der Waals surface area contributed by atoms with Gasteiger partial charge in [0.2, 0.25) is 0 Å². The van der Waals surface area contributed by atoms with E-state index >= 15 is 0 Å². The van der Waals surface area contributed by atoms with Crippen molar-refractivity contribution >= 4 is 17.0 Å². The number of nitrogens with zero attached hydrogens (tertiary/aromatic N) is 2. The molecule has 0 radical (unpaired) electrons.